The van der Waals surface area contributed by atoms with Gasteiger partial charge < -0.3 is 19.2 Å². The van der Waals surface area contributed by atoms with Gasteiger partial charge in [-0.05, 0) is 99.5 Å². The van der Waals surface area contributed by atoms with Crippen LogP contribution in [0.25, 0.3) is 11.3 Å². The van der Waals surface area contributed by atoms with Gasteiger partial charge in [0.15, 0.2) is 11.7 Å². The summed E-state index contributed by atoms with van der Waals surface area (Å²) in [6.07, 6.45) is 8.84. The first-order valence-corrected chi connectivity index (χ1v) is 14.1. The molecular weight excluding hydrogens is 476 g/mol. The van der Waals surface area contributed by atoms with E-state index in [4.69, 9.17) is 9.15 Å². The first-order chi connectivity index (χ1) is 18.4. The quantitative estimate of drug-likeness (QED) is 0.373. The topological polar surface area (TPSA) is 75.8 Å². The first-order valence-electron chi connectivity index (χ1n) is 14.1. The molecule has 2 aromatic carbocycles. The van der Waals surface area contributed by atoms with E-state index < -0.39 is 0 Å². The van der Waals surface area contributed by atoms with Gasteiger partial charge in [-0.15, -0.1) is 0 Å². The average Bonchev–Trinajstić information content (AvgIpc) is 3.38. The molecule has 202 valence electrons. The van der Waals surface area contributed by atoms with Crippen molar-refractivity contribution in [2.24, 2.45) is 11.8 Å². The minimum absolute atomic E-state index is 0.0341. The Morgan fingerprint density at radius 3 is 2.45 bits per heavy atom. The number of aliphatic hydroxyl groups excluding tert-OH is 1. The third-order valence-electron chi connectivity index (χ3n) is 8.55. The monoisotopic (exact) mass is 516 g/mol. The Labute approximate surface area is 226 Å². The number of rotatable bonds is 7. The molecule has 0 atom stereocenters. The molecule has 1 heterocycles. The molecule has 2 fully saturated rings. The van der Waals surface area contributed by atoms with Gasteiger partial charge in [0, 0.05) is 30.6 Å². The van der Waals surface area contributed by atoms with Crippen molar-refractivity contribution in [2.45, 2.75) is 77.2 Å². The number of ether oxygens (including phenoxy) is 1. The highest BCUT2D eigenvalue weighted by atomic mass is 16.5. The van der Waals surface area contributed by atoms with Crippen molar-refractivity contribution in [3.63, 3.8) is 0 Å². The van der Waals surface area contributed by atoms with E-state index in [0.717, 1.165) is 62.1 Å². The van der Waals surface area contributed by atoms with Crippen molar-refractivity contribution in [1.29, 1.82) is 0 Å². The van der Waals surface area contributed by atoms with E-state index in [9.17, 15) is 9.90 Å². The predicted molar refractivity (Wildman–Crippen MR) is 149 cm³/mol. The standard InChI is InChI=1S/C32H40N2O4/c1-21-17-26(13-16-30(21)37-3)24-9-7-23(8-10-24)20-34(32(36)25-11-14-29(35)15-12-25)28-6-4-5-27(18-28)31-19-33-22(2)38-31/h4-6,13,16-19,23-25,29,35H,7-12,14-15,20H2,1-3H3. The summed E-state index contributed by atoms with van der Waals surface area (Å²) < 4.78 is 11.2. The second kappa shape index (κ2) is 11.7. The number of carbonyl (C=O) groups excluding carboxylic acids is 1. The van der Waals surface area contributed by atoms with E-state index in [1.807, 2.05) is 30.0 Å². The van der Waals surface area contributed by atoms with Gasteiger partial charge in [-0.1, -0.05) is 24.3 Å². The van der Waals surface area contributed by atoms with Gasteiger partial charge in [0.1, 0.15) is 5.75 Å². The number of hydrogen-bond acceptors (Lipinski definition) is 5. The number of amides is 1. The molecule has 6 heteroatoms. The molecule has 0 unspecified atom stereocenters. The number of benzene rings is 2. The molecule has 5 rings (SSSR count). The molecule has 0 bridgehead atoms. The van der Waals surface area contributed by atoms with E-state index >= 15 is 0 Å². The summed E-state index contributed by atoms with van der Waals surface area (Å²) >= 11 is 0. The zero-order chi connectivity index (χ0) is 26.6. The van der Waals surface area contributed by atoms with Crippen molar-refractivity contribution in [3.8, 4) is 17.1 Å². The van der Waals surface area contributed by atoms with Gasteiger partial charge in [-0.2, -0.15) is 0 Å². The lowest BCUT2D eigenvalue weighted by Crippen LogP contribution is -2.41. The Balaban J connectivity index is 1.32. The molecule has 1 amide bonds. The van der Waals surface area contributed by atoms with Gasteiger partial charge in [0.25, 0.3) is 0 Å². The van der Waals surface area contributed by atoms with Crippen LogP contribution < -0.4 is 9.64 Å². The molecule has 0 saturated heterocycles. The number of hydrogen-bond donors (Lipinski definition) is 1. The Morgan fingerprint density at radius 1 is 1.03 bits per heavy atom. The number of methoxy groups -OCH3 is 1. The lowest BCUT2D eigenvalue weighted by molar-refractivity contribution is -0.124. The van der Waals surface area contributed by atoms with Crippen LogP contribution in [0.5, 0.6) is 5.75 Å². The molecule has 0 spiro atoms. The molecule has 2 aliphatic rings. The van der Waals surface area contributed by atoms with E-state index in [1.165, 1.54) is 11.1 Å². The van der Waals surface area contributed by atoms with Crippen LogP contribution in [0.2, 0.25) is 0 Å². The zero-order valence-electron chi connectivity index (χ0n) is 22.9. The fourth-order valence-electron chi connectivity index (χ4n) is 6.28. The molecule has 0 aliphatic heterocycles. The minimum Gasteiger partial charge on any atom is -0.496 e. The minimum atomic E-state index is -0.276. The van der Waals surface area contributed by atoms with E-state index in [0.29, 0.717) is 36.3 Å². The second-order valence-electron chi connectivity index (χ2n) is 11.2. The third-order valence-corrected chi connectivity index (χ3v) is 8.55. The summed E-state index contributed by atoms with van der Waals surface area (Å²) in [5.41, 5.74) is 4.42. The fraction of sp³-hybridized carbons (Fsp3) is 0.500. The van der Waals surface area contributed by atoms with Crippen LogP contribution in [0.3, 0.4) is 0 Å². The van der Waals surface area contributed by atoms with Crippen LogP contribution >= 0.6 is 0 Å². The largest absolute Gasteiger partial charge is 0.496 e. The summed E-state index contributed by atoms with van der Waals surface area (Å²) in [4.78, 5) is 20.2. The molecule has 3 aromatic rings. The maximum absolute atomic E-state index is 13.9. The highest BCUT2D eigenvalue weighted by Gasteiger charge is 2.32. The molecule has 38 heavy (non-hydrogen) atoms. The van der Waals surface area contributed by atoms with Crippen molar-refractivity contribution in [2.75, 3.05) is 18.6 Å². The van der Waals surface area contributed by atoms with Crippen LogP contribution in [0.1, 0.15) is 74.3 Å². The smallest absolute Gasteiger partial charge is 0.230 e. The van der Waals surface area contributed by atoms with E-state index in [-0.39, 0.29) is 17.9 Å². The lowest BCUT2D eigenvalue weighted by atomic mass is 9.78. The SMILES string of the molecule is COc1ccc(C2CCC(CN(C(=O)C3CCC(O)CC3)c3cccc(-c4cnc(C)o4)c3)CC2)cc1C. The number of oxazole rings is 1. The Hall–Kier alpha value is -3.12. The van der Waals surface area contributed by atoms with Gasteiger partial charge in [-0.3, -0.25) is 4.79 Å². The summed E-state index contributed by atoms with van der Waals surface area (Å²) in [5.74, 6) is 3.45. The number of nitrogens with zero attached hydrogens (tertiary/aromatic N) is 2. The zero-order valence-corrected chi connectivity index (χ0v) is 22.9. The number of carbonyl (C=O) groups is 1. The Kier molecular flexibility index (Phi) is 8.18. The Bertz CT molecular complexity index is 1240. The molecule has 6 nitrogen and oxygen atoms in total. The highest BCUT2D eigenvalue weighted by molar-refractivity contribution is 5.95. The second-order valence-corrected chi connectivity index (χ2v) is 11.2. The lowest BCUT2D eigenvalue weighted by Gasteiger charge is -2.36. The van der Waals surface area contributed by atoms with Crippen LogP contribution in [0, 0.1) is 25.7 Å². The van der Waals surface area contributed by atoms with E-state index in [1.54, 1.807) is 13.3 Å². The molecular formula is C32H40N2O4. The average molecular weight is 517 g/mol. The Morgan fingerprint density at radius 2 is 1.79 bits per heavy atom. The number of anilines is 1. The molecule has 2 saturated carbocycles. The summed E-state index contributed by atoms with van der Waals surface area (Å²) in [5, 5.41) is 10.0. The van der Waals surface area contributed by atoms with Gasteiger partial charge in [0.05, 0.1) is 19.4 Å². The number of aryl methyl sites for hydroxylation is 2. The van der Waals surface area contributed by atoms with Crippen LogP contribution in [-0.4, -0.2) is 35.8 Å². The fourth-order valence-corrected chi connectivity index (χ4v) is 6.28. The highest BCUT2D eigenvalue weighted by Crippen LogP contribution is 2.39. The van der Waals surface area contributed by atoms with Gasteiger partial charge in [-0.25, -0.2) is 4.98 Å². The third kappa shape index (κ3) is 5.96. The van der Waals surface area contributed by atoms with Crippen LogP contribution in [0.4, 0.5) is 5.69 Å². The molecule has 0 radical (unpaired) electrons. The maximum atomic E-state index is 13.9. The number of aliphatic hydroxyl groups is 1. The molecule has 1 aromatic heterocycles. The van der Waals surface area contributed by atoms with Crippen molar-refractivity contribution < 1.29 is 19.1 Å². The van der Waals surface area contributed by atoms with Gasteiger partial charge in [0.2, 0.25) is 5.91 Å². The van der Waals surface area contributed by atoms with Gasteiger partial charge >= 0.3 is 0 Å². The molecule has 2 aliphatic carbocycles. The maximum Gasteiger partial charge on any atom is 0.230 e. The first kappa shape index (κ1) is 26.5. The van der Waals surface area contributed by atoms with Crippen molar-refractivity contribution in [1.82, 2.24) is 4.98 Å². The van der Waals surface area contributed by atoms with Crippen molar-refractivity contribution in [3.05, 3.63) is 65.7 Å². The van der Waals surface area contributed by atoms with Crippen LogP contribution in [0.15, 0.2) is 53.1 Å². The normalized spacial score (nSPS) is 23.7. The predicted octanol–water partition coefficient (Wildman–Crippen LogP) is 6.83. The summed E-state index contributed by atoms with van der Waals surface area (Å²) in [7, 11) is 1.72. The van der Waals surface area contributed by atoms with E-state index in [2.05, 4.69) is 36.2 Å². The van der Waals surface area contributed by atoms with Crippen LogP contribution in [-0.2, 0) is 4.79 Å². The molecule has 1 N–H and O–H groups in total. The summed E-state index contributed by atoms with van der Waals surface area (Å²) in [6, 6.07) is 14.7. The summed E-state index contributed by atoms with van der Waals surface area (Å²) in [6.45, 7) is 4.67. The van der Waals surface area contributed by atoms with Crippen molar-refractivity contribution >= 4 is 11.6 Å². The number of aromatic nitrogens is 1.